The van der Waals surface area contributed by atoms with Crippen molar-refractivity contribution in [3.8, 4) is 6.07 Å². The van der Waals surface area contributed by atoms with E-state index < -0.39 is 10.0 Å². The Kier molecular flexibility index (Phi) is 3.88. The van der Waals surface area contributed by atoms with Crippen molar-refractivity contribution in [2.75, 3.05) is 4.72 Å². The van der Waals surface area contributed by atoms with E-state index in [2.05, 4.69) is 14.7 Å². The Hall–Kier alpha value is -2.17. The summed E-state index contributed by atoms with van der Waals surface area (Å²) >= 11 is 5.87. The van der Waals surface area contributed by atoms with Gasteiger partial charge in [-0.2, -0.15) is 5.26 Å². The van der Waals surface area contributed by atoms with Crippen molar-refractivity contribution in [3.05, 3.63) is 47.0 Å². The van der Waals surface area contributed by atoms with E-state index in [4.69, 9.17) is 16.9 Å². The molecular formula is C12H9ClN4O2S. The van der Waals surface area contributed by atoms with Gasteiger partial charge in [0.05, 0.1) is 5.69 Å². The lowest BCUT2D eigenvalue weighted by Crippen LogP contribution is -2.14. The van der Waals surface area contributed by atoms with E-state index >= 15 is 0 Å². The van der Waals surface area contributed by atoms with Gasteiger partial charge in [0.15, 0.2) is 5.15 Å². The number of hydrogen-bond acceptors (Lipinski definition) is 5. The van der Waals surface area contributed by atoms with Gasteiger partial charge >= 0.3 is 0 Å². The molecule has 20 heavy (non-hydrogen) atoms. The highest BCUT2D eigenvalue weighted by Gasteiger charge is 2.18. The van der Waals surface area contributed by atoms with Crippen LogP contribution in [0.4, 0.5) is 5.69 Å². The van der Waals surface area contributed by atoms with Crippen LogP contribution in [0.5, 0.6) is 0 Å². The van der Waals surface area contributed by atoms with Gasteiger partial charge in [0.2, 0.25) is 0 Å². The van der Waals surface area contributed by atoms with Crippen molar-refractivity contribution >= 4 is 27.3 Å². The van der Waals surface area contributed by atoms with E-state index in [1.807, 2.05) is 6.07 Å². The summed E-state index contributed by atoms with van der Waals surface area (Å²) in [5, 5.41) is 8.70. The summed E-state index contributed by atoms with van der Waals surface area (Å²) in [5.41, 5.74) is 1.01. The molecule has 0 aliphatic rings. The van der Waals surface area contributed by atoms with Gasteiger partial charge in [-0.3, -0.25) is 4.72 Å². The Morgan fingerprint density at radius 3 is 2.60 bits per heavy atom. The van der Waals surface area contributed by atoms with Crippen molar-refractivity contribution in [2.45, 2.75) is 11.8 Å². The van der Waals surface area contributed by atoms with Crippen molar-refractivity contribution in [3.63, 3.8) is 0 Å². The number of nitriles is 1. The summed E-state index contributed by atoms with van der Waals surface area (Å²) in [6, 6.07) is 6.08. The highest BCUT2D eigenvalue weighted by atomic mass is 35.5. The Labute approximate surface area is 121 Å². The quantitative estimate of drug-likeness (QED) is 0.876. The molecule has 0 amide bonds. The Morgan fingerprint density at radius 2 is 2.05 bits per heavy atom. The van der Waals surface area contributed by atoms with Gasteiger partial charge in [-0.1, -0.05) is 11.6 Å². The lowest BCUT2D eigenvalue weighted by molar-refractivity contribution is 0.600. The molecular weight excluding hydrogens is 300 g/mol. The molecule has 2 aromatic heterocycles. The summed E-state index contributed by atoms with van der Waals surface area (Å²) in [6.45, 7) is 1.71. The molecule has 0 saturated heterocycles. The van der Waals surface area contributed by atoms with Gasteiger partial charge < -0.3 is 0 Å². The predicted octanol–water partition coefficient (Wildman–Crippen LogP) is 2.11. The van der Waals surface area contributed by atoms with Crippen LogP contribution in [0, 0.1) is 18.3 Å². The Bertz CT molecular complexity index is 762. The van der Waals surface area contributed by atoms with Crippen LogP contribution in [0.2, 0.25) is 5.15 Å². The van der Waals surface area contributed by atoms with Crippen molar-refractivity contribution in [1.82, 2.24) is 9.97 Å². The maximum atomic E-state index is 12.2. The first-order valence-electron chi connectivity index (χ1n) is 5.44. The number of pyridine rings is 2. The first kappa shape index (κ1) is 14.2. The molecule has 0 spiro atoms. The second-order valence-corrected chi connectivity index (χ2v) is 5.93. The van der Waals surface area contributed by atoms with Crippen molar-refractivity contribution < 1.29 is 8.42 Å². The molecule has 0 aliphatic carbocycles. The number of hydrogen-bond donors (Lipinski definition) is 1. The second kappa shape index (κ2) is 5.45. The van der Waals surface area contributed by atoms with E-state index in [1.165, 1.54) is 18.3 Å². The van der Waals surface area contributed by atoms with Crippen LogP contribution >= 0.6 is 11.6 Å². The van der Waals surface area contributed by atoms with E-state index in [9.17, 15) is 8.42 Å². The number of anilines is 1. The molecule has 0 saturated carbocycles. The van der Waals surface area contributed by atoms with Gasteiger partial charge in [0, 0.05) is 12.4 Å². The first-order chi connectivity index (χ1) is 9.44. The van der Waals surface area contributed by atoms with Gasteiger partial charge in [0.25, 0.3) is 10.0 Å². The molecule has 0 unspecified atom stereocenters. The van der Waals surface area contributed by atoms with Crippen LogP contribution in [0.15, 0.2) is 35.5 Å². The summed E-state index contributed by atoms with van der Waals surface area (Å²) in [7, 11) is -3.83. The normalized spacial score (nSPS) is 10.8. The van der Waals surface area contributed by atoms with Crippen LogP contribution in [0.3, 0.4) is 0 Å². The minimum absolute atomic E-state index is 0.0594. The van der Waals surface area contributed by atoms with E-state index in [0.717, 1.165) is 6.20 Å². The Morgan fingerprint density at radius 1 is 1.30 bits per heavy atom. The van der Waals surface area contributed by atoms with Crippen LogP contribution in [0.25, 0.3) is 0 Å². The number of nitrogens with one attached hydrogen (secondary N) is 1. The minimum atomic E-state index is -3.83. The lowest BCUT2D eigenvalue weighted by atomic mass is 10.3. The SMILES string of the molecule is Cc1ccnc(Cl)c1NS(=O)(=O)c1ccc(C#N)nc1. The number of rotatable bonds is 3. The molecule has 0 aromatic carbocycles. The molecule has 2 heterocycles. The highest BCUT2D eigenvalue weighted by molar-refractivity contribution is 7.92. The molecule has 0 atom stereocenters. The summed E-state index contributed by atoms with van der Waals surface area (Å²) in [5.74, 6) is 0. The second-order valence-electron chi connectivity index (χ2n) is 3.89. The molecule has 1 N–H and O–H groups in total. The lowest BCUT2D eigenvalue weighted by Gasteiger charge is -2.11. The van der Waals surface area contributed by atoms with Gasteiger partial charge in [-0.25, -0.2) is 18.4 Å². The largest absolute Gasteiger partial charge is 0.276 e. The standard InChI is InChI=1S/C12H9ClN4O2S/c1-8-4-5-15-12(13)11(8)17-20(18,19)10-3-2-9(6-14)16-7-10/h2-5,7,17H,1H3. The third-order valence-corrected chi connectivity index (χ3v) is 4.13. The topological polar surface area (TPSA) is 95.7 Å². The molecule has 2 aromatic rings. The molecule has 0 radical (unpaired) electrons. The molecule has 0 bridgehead atoms. The molecule has 0 aliphatic heterocycles. The highest BCUT2D eigenvalue weighted by Crippen LogP contribution is 2.25. The summed E-state index contributed by atoms with van der Waals surface area (Å²) < 4.78 is 26.7. The van der Waals surface area contributed by atoms with Crippen LogP contribution in [0.1, 0.15) is 11.3 Å². The van der Waals surface area contributed by atoms with Crippen molar-refractivity contribution in [2.24, 2.45) is 0 Å². The first-order valence-corrected chi connectivity index (χ1v) is 7.30. The Balaban J connectivity index is 2.38. The fourth-order valence-corrected chi connectivity index (χ4v) is 2.84. The number of sulfonamides is 1. The molecule has 102 valence electrons. The molecule has 6 nitrogen and oxygen atoms in total. The zero-order valence-electron chi connectivity index (χ0n) is 10.3. The van der Waals surface area contributed by atoms with E-state index in [1.54, 1.807) is 13.0 Å². The number of nitrogens with zero attached hydrogens (tertiary/aromatic N) is 3. The number of aryl methyl sites for hydroxylation is 1. The fraction of sp³-hybridized carbons (Fsp3) is 0.0833. The number of aromatic nitrogens is 2. The predicted molar refractivity (Wildman–Crippen MR) is 73.7 cm³/mol. The van der Waals surface area contributed by atoms with Gasteiger partial charge in [0.1, 0.15) is 16.7 Å². The van der Waals surface area contributed by atoms with Crippen LogP contribution < -0.4 is 4.72 Å². The van der Waals surface area contributed by atoms with Gasteiger partial charge in [-0.05, 0) is 30.7 Å². The molecule has 2 rings (SSSR count). The van der Waals surface area contributed by atoms with Gasteiger partial charge in [-0.15, -0.1) is 0 Å². The molecule has 8 heteroatoms. The maximum absolute atomic E-state index is 12.2. The van der Waals surface area contributed by atoms with Crippen LogP contribution in [-0.2, 0) is 10.0 Å². The van der Waals surface area contributed by atoms with E-state index in [-0.39, 0.29) is 21.4 Å². The van der Waals surface area contributed by atoms with E-state index in [0.29, 0.717) is 5.56 Å². The third-order valence-electron chi connectivity index (χ3n) is 2.51. The smallest absolute Gasteiger partial charge is 0.263 e. The number of halogens is 1. The zero-order valence-corrected chi connectivity index (χ0v) is 11.9. The zero-order chi connectivity index (χ0) is 14.8. The maximum Gasteiger partial charge on any atom is 0.263 e. The van der Waals surface area contributed by atoms with Crippen LogP contribution in [-0.4, -0.2) is 18.4 Å². The fourth-order valence-electron chi connectivity index (χ4n) is 1.45. The average Bonchev–Trinajstić information content (AvgIpc) is 2.43. The average molecular weight is 309 g/mol. The minimum Gasteiger partial charge on any atom is -0.276 e. The molecule has 0 fully saturated rings. The summed E-state index contributed by atoms with van der Waals surface area (Å²) in [4.78, 5) is 7.49. The summed E-state index contributed by atoms with van der Waals surface area (Å²) in [6.07, 6.45) is 2.60. The third kappa shape index (κ3) is 2.87. The van der Waals surface area contributed by atoms with Crippen molar-refractivity contribution in [1.29, 1.82) is 5.26 Å². The monoisotopic (exact) mass is 308 g/mol.